The van der Waals surface area contributed by atoms with Gasteiger partial charge in [-0.1, -0.05) is 36.4 Å². The Labute approximate surface area is 117 Å². The third-order valence-corrected chi connectivity index (χ3v) is 3.76. The van der Waals surface area contributed by atoms with Gasteiger partial charge in [-0.3, -0.25) is 0 Å². The van der Waals surface area contributed by atoms with Gasteiger partial charge in [0.25, 0.3) is 0 Å². The number of hydrogen-bond donors (Lipinski definition) is 1. The Balaban J connectivity index is 1.70. The van der Waals surface area contributed by atoms with Gasteiger partial charge in [-0.25, -0.2) is 8.78 Å². The van der Waals surface area contributed by atoms with Gasteiger partial charge in [0.15, 0.2) is 11.6 Å². The number of nitrogens with one attached hydrogen (secondary N) is 1. The molecule has 1 nitrogen and oxygen atoms in total. The van der Waals surface area contributed by atoms with Gasteiger partial charge in [0.2, 0.25) is 0 Å². The quantitative estimate of drug-likeness (QED) is 0.860. The Morgan fingerprint density at radius 2 is 1.75 bits per heavy atom. The number of hydrogen-bond acceptors (Lipinski definition) is 1. The van der Waals surface area contributed by atoms with Crippen molar-refractivity contribution in [3.05, 3.63) is 71.3 Å². The fourth-order valence-electron chi connectivity index (χ4n) is 2.52. The highest BCUT2D eigenvalue weighted by Gasteiger charge is 2.31. The van der Waals surface area contributed by atoms with Gasteiger partial charge < -0.3 is 5.32 Å². The van der Waals surface area contributed by atoms with Crippen LogP contribution in [0.25, 0.3) is 0 Å². The molecule has 0 amide bonds. The summed E-state index contributed by atoms with van der Waals surface area (Å²) >= 11 is 0. The second kappa shape index (κ2) is 5.71. The van der Waals surface area contributed by atoms with Crippen LogP contribution in [-0.2, 0) is 6.54 Å². The fraction of sp³-hybridized carbons (Fsp3) is 0.294. The molecule has 1 atom stereocenters. The van der Waals surface area contributed by atoms with E-state index in [4.69, 9.17) is 0 Å². The minimum absolute atomic E-state index is 0.296. The zero-order valence-electron chi connectivity index (χ0n) is 11.2. The molecule has 0 saturated heterocycles. The highest BCUT2D eigenvalue weighted by Crippen LogP contribution is 2.41. The van der Waals surface area contributed by atoms with Crippen LogP contribution in [0.2, 0.25) is 0 Å². The smallest absolute Gasteiger partial charge is 0.159 e. The molecule has 2 aromatic rings. The first-order valence-electron chi connectivity index (χ1n) is 6.96. The second-order valence-electron chi connectivity index (χ2n) is 5.36. The monoisotopic (exact) mass is 273 g/mol. The molecule has 1 unspecified atom stereocenters. The molecular weight excluding hydrogens is 256 g/mol. The van der Waals surface area contributed by atoms with Gasteiger partial charge in [-0.05, 0) is 42.0 Å². The number of benzene rings is 2. The SMILES string of the molecule is Fc1ccc(CNC(c2ccccc2)C2CC2)cc1F. The summed E-state index contributed by atoms with van der Waals surface area (Å²) in [5, 5.41) is 3.47. The van der Waals surface area contributed by atoms with Crippen molar-refractivity contribution < 1.29 is 8.78 Å². The Hall–Kier alpha value is -1.74. The lowest BCUT2D eigenvalue weighted by atomic mass is 10.0. The highest BCUT2D eigenvalue weighted by molar-refractivity contribution is 5.22. The molecule has 0 radical (unpaired) electrons. The van der Waals surface area contributed by atoms with Gasteiger partial charge in [-0.15, -0.1) is 0 Å². The summed E-state index contributed by atoms with van der Waals surface area (Å²) in [6.07, 6.45) is 2.45. The van der Waals surface area contributed by atoms with Gasteiger partial charge in [0.1, 0.15) is 0 Å². The lowest BCUT2D eigenvalue weighted by Gasteiger charge is -2.19. The van der Waals surface area contributed by atoms with Crippen molar-refractivity contribution in [2.45, 2.75) is 25.4 Å². The third-order valence-electron chi connectivity index (χ3n) is 3.76. The molecule has 3 rings (SSSR count). The molecule has 20 heavy (non-hydrogen) atoms. The molecule has 0 bridgehead atoms. The number of halogens is 2. The Bertz CT molecular complexity index is 579. The normalized spacial score (nSPS) is 16.1. The second-order valence-corrected chi connectivity index (χ2v) is 5.36. The molecule has 1 aliphatic rings. The Kier molecular flexibility index (Phi) is 3.79. The standard InChI is InChI=1S/C17H17F2N/c18-15-9-6-12(10-16(15)19)11-20-17(14-7-8-14)13-4-2-1-3-5-13/h1-6,9-10,14,17,20H,7-8,11H2. The molecular formula is C17H17F2N. The molecule has 2 aromatic carbocycles. The van der Waals surface area contributed by atoms with Crippen molar-refractivity contribution in [2.24, 2.45) is 5.92 Å². The molecule has 1 N–H and O–H groups in total. The predicted octanol–water partition coefficient (Wildman–Crippen LogP) is 4.21. The maximum atomic E-state index is 13.2. The van der Waals surface area contributed by atoms with Gasteiger partial charge in [-0.2, -0.15) is 0 Å². The Morgan fingerprint density at radius 1 is 1.00 bits per heavy atom. The molecule has 1 aliphatic carbocycles. The van der Waals surface area contributed by atoms with Crippen LogP contribution in [0.4, 0.5) is 8.78 Å². The van der Waals surface area contributed by atoms with Crippen molar-refractivity contribution in [1.82, 2.24) is 5.32 Å². The van der Waals surface area contributed by atoms with Crippen LogP contribution < -0.4 is 5.32 Å². The molecule has 1 saturated carbocycles. The largest absolute Gasteiger partial charge is 0.306 e. The third kappa shape index (κ3) is 3.05. The lowest BCUT2D eigenvalue weighted by molar-refractivity contribution is 0.475. The molecule has 0 heterocycles. The molecule has 1 fully saturated rings. The van der Waals surface area contributed by atoms with Crippen molar-refractivity contribution in [3.8, 4) is 0 Å². The van der Waals surface area contributed by atoms with E-state index in [0.717, 1.165) is 5.56 Å². The van der Waals surface area contributed by atoms with E-state index in [1.54, 1.807) is 6.07 Å². The zero-order valence-corrected chi connectivity index (χ0v) is 11.2. The first-order valence-corrected chi connectivity index (χ1v) is 6.96. The maximum absolute atomic E-state index is 13.2. The van der Waals surface area contributed by atoms with Crippen LogP contribution in [0, 0.1) is 17.6 Å². The summed E-state index contributed by atoms with van der Waals surface area (Å²) < 4.78 is 26.1. The van der Waals surface area contributed by atoms with Crippen LogP contribution >= 0.6 is 0 Å². The zero-order chi connectivity index (χ0) is 13.9. The first-order chi connectivity index (χ1) is 9.74. The molecule has 104 valence electrons. The molecule has 3 heteroatoms. The van der Waals surface area contributed by atoms with E-state index in [1.165, 1.54) is 30.5 Å². The van der Waals surface area contributed by atoms with Crippen molar-refractivity contribution in [1.29, 1.82) is 0 Å². The average Bonchev–Trinajstić information content (AvgIpc) is 3.29. The molecule has 0 spiro atoms. The van der Waals surface area contributed by atoms with E-state index in [0.29, 0.717) is 18.5 Å². The van der Waals surface area contributed by atoms with E-state index in [2.05, 4.69) is 17.4 Å². The van der Waals surface area contributed by atoms with E-state index in [-0.39, 0.29) is 0 Å². The van der Waals surface area contributed by atoms with Crippen molar-refractivity contribution >= 4 is 0 Å². The summed E-state index contributed by atoms with van der Waals surface area (Å²) in [6, 6.07) is 14.7. The van der Waals surface area contributed by atoms with Crippen molar-refractivity contribution in [2.75, 3.05) is 0 Å². The molecule has 0 aliphatic heterocycles. The van der Waals surface area contributed by atoms with Crippen LogP contribution in [0.5, 0.6) is 0 Å². The summed E-state index contributed by atoms with van der Waals surface area (Å²) in [6.45, 7) is 0.549. The van der Waals surface area contributed by atoms with E-state index >= 15 is 0 Å². The predicted molar refractivity (Wildman–Crippen MR) is 75.1 cm³/mol. The average molecular weight is 273 g/mol. The van der Waals surface area contributed by atoms with E-state index in [9.17, 15) is 8.78 Å². The minimum atomic E-state index is -0.796. The maximum Gasteiger partial charge on any atom is 0.159 e. The van der Waals surface area contributed by atoms with E-state index < -0.39 is 11.6 Å². The summed E-state index contributed by atoms with van der Waals surface area (Å²) in [5.41, 5.74) is 2.03. The van der Waals surface area contributed by atoms with Crippen LogP contribution in [0.15, 0.2) is 48.5 Å². The minimum Gasteiger partial charge on any atom is -0.306 e. The van der Waals surface area contributed by atoms with Gasteiger partial charge >= 0.3 is 0 Å². The molecule has 0 aromatic heterocycles. The van der Waals surface area contributed by atoms with Crippen molar-refractivity contribution in [3.63, 3.8) is 0 Å². The van der Waals surface area contributed by atoms with Gasteiger partial charge in [0.05, 0.1) is 0 Å². The summed E-state index contributed by atoms with van der Waals surface area (Å²) in [7, 11) is 0. The van der Waals surface area contributed by atoms with Crippen LogP contribution in [0.3, 0.4) is 0 Å². The topological polar surface area (TPSA) is 12.0 Å². The number of rotatable bonds is 5. The fourth-order valence-corrected chi connectivity index (χ4v) is 2.52. The van der Waals surface area contributed by atoms with E-state index in [1.807, 2.05) is 18.2 Å². The van der Waals surface area contributed by atoms with Crippen LogP contribution in [-0.4, -0.2) is 0 Å². The summed E-state index contributed by atoms with van der Waals surface area (Å²) in [5.74, 6) is -0.926. The van der Waals surface area contributed by atoms with Crippen LogP contribution in [0.1, 0.15) is 30.0 Å². The Morgan fingerprint density at radius 3 is 2.40 bits per heavy atom. The highest BCUT2D eigenvalue weighted by atomic mass is 19.2. The first kappa shape index (κ1) is 13.3. The van der Waals surface area contributed by atoms with Gasteiger partial charge in [0, 0.05) is 12.6 Å². The lowest BCUT2D eigenvalue weighted by Crippen LogP contribution is -2.22. The summed E-state index contributed by atoms with van der Waals surface area (Å²) in [4.78, 5) is 0.